The molecule has 3 aliphatic rings. The molecular weight excluding hydrogens is 422 g/mol. The molecule has 0 aromatic heterocycles. The van der Waals surface area contributed by atoms with Gasteiger partial charge in [-0.2, -0.15) is 0 Å². The maximum absolute atomic E-state index is 12.0. The van der Waals surface area contributed by atoms with Crippen LogP contribution in [0.5, 0.6) is 5.75 Å². The van der Waals surface area contributed by atoms with Gasteiger partial charge in [0.2, 0.25) is 0 Å². The Hall–Kier alpha value is -2.07. The predicted molar refractivity (Wildman–Crippen MR) is 137 cm³/mol. The first-order valence-corrected chi connectivity index (χ1v) is 13.6. The van der Waals surface area contributed by atoms with Gasteiger partial charge >= 0.3 is 5.97 Å². The molecule has 2 atom stereocenters. The Balaban J connectivity index is 1.12. The van der Waals surface area contributed by atoms with E-state index in [-0.39, 0.29) is 11.9 Å². The summed E-state index contributed by atoms with van der Waals surface area (Å²) in [6.07, 6.45) is 11.1. The first kappa shape index (κ1) is 23.7. The Labute approximate surface area is 205 Å². The van der Waals surface area contributed by atoms with E-state index < -0.39 is 0 Å². The summed E-state index contributed by atoms with van der Waals surface area (Å²) in [4.78, 5) is 14.5. The smallest absolute Gasteiger partial charge is 0.308 e. The zero-order valence-corrected chi connectivity index (χ0v) is 21.0. The van der Waals surface area contributed by atoms with Crippen LogP contribution in [0.25, 0.3) is 10.8 Å². The van der Waals surface area contributed by atoms with Crippen molar-refractivity contribution in [2.45, 2.75) is 77.4 Å². The predicted octanol–water partition coefficient (Wildman–Crippen LogP) is 6.60. The summed E-state index contributed by atoms with van der Waals surface area (Å²) >= 11 is 0. The molecule has 3 fully saturated rings. The number of fused-ring (bicyclic) bond motifs is 1. The molecule has 1 aliphatic heterocycles. The van der Waals surface area contributed by atoms with Gasteiger partial charge in [-0.25, -0.2) is 0 Å². The van der Waals surface area contributed by atoms with Crippen molar-refractivity contribution < 1.29 is 14.3 Å². The highest BCUT2D eigenvalue weighted by Crippen LogP contribution is 2.39. The van der Waals surface area contributed by atoms with E-state index in [1.807, 2.05) is 0 Å². The van der Waals surface area contributed by atoms with Crippen LogP contribution in [0, 0.1) is 23.7 Å². The number of benzene rings is 2. The third kappa shape index (κ3) is 5.43. The summed E-state index contributed by atoms with van der Waals surface area (Å²) in [5.74, 6) is 3.45. The summed E-state index contributed by atoms with van der Waals surface area (Å²) < 4.78 is 11.3. The molecule has 4 heteroatoms. The molecule has 0 radical (unpaired) electrons. The number of carbonyl (C=O) groups is 1. The van der Waals surface area contributed by atoms with Gasteiger partial charge in [0, 0.05) is 19.6 Å². The molecule has 34 heavy (non-hydrogen) atoms. The van der Waals surface area contributed by atoms with E-state index in [1.165, 1.54) is 62.0 Å². The van der Waals surface area contributed by atoms with Crippen LogP contribution in [0.15, 0.2) is 36.4 Å². The quantitative estimate of drug-likeness (QED) is 0.434. The van der Waals surface area contributed by atoms with Crippen molar-refractivity contribution in [2.75, 3.05) is 20.2 Å². The minimum Gasteiger partial charge on any atom is -0.490 e. The Morgan fingerprint density at radius 2 is 1.71 bits per heavy atom. The number of rotatable bonds is 7. The number of likely N-dealkylation sites (tertiary alicyclic amines) is 1. The number of ether oxygens (including phenoxy) is 2. The van der Waals surface area contributed by atoms with E-state index in [1.54, 1.807) is 0 Å². The Morgan fingerprint density at radius 3 is 2.47 bits per heavy atom. The van der Waals surface area contributed by atoms with Crippen LogP contribution in [-0.4, -0.2) is 37.2 Å². The average Bonchev–Trinajstić information content (AvgIpc) is 2.86. The highest BCUT2D eigenvalue weighted by atomic mass is 16.5. The topological polar surface area (TPSA) is 38.8 Å². The molecule has 2 aliphatic carbocycles. The number of hydrogen-bond acceptors (Lipinski definition) is 4. The van der Waals surface area contributed by atoms with Gasteiger partial charge in [0.1, 0.15) is 5.75 Å². The SMILES string of the molecule is CC[C@H]1CC[C@@H](Oc2ccc3cc(CN4CC(C5CCCC(C(=O)OC)C5)C4)ccc3c2)CC1. The fourth-order valence-corrected chi connectivity index (χ4v) is 6.63. The second-order valence-electron chi connectivity index (χ2n) is 11.1. The molecule has 1 heterocycles. The maximum Gasteiger partial charge on any atom is 0.308 e. The number of esters is 1. The summed E-state index contributed by atoms with van der Waals surface area (Å²) in [7, 11) is 1.52. The first-order chi connectivity index (χ1) is 16.6. The number of methoxy groups -OCH3 is 1. The third-order valence-corrected chi connectivity index (χ3v) is 8.86. The largest absolute Gasteiger partial charge is 0.490 e. The van der Waals surface area contributed by atoms with Crippen molar-refractivity contribution in [2.24, 2.45) is 23.7 Å². The van der Waals surface area contributed by atoms with Crippen molar-refractivity contribution in [1.82, 2.24) is 4.90 Å². The first-order valence-electron chi connectivity index (χ1n) is 13.6. The zero-order chi connectivity index (χ0) is 23.5. The average molecular weight is 464 g/mol. The standard InChI is InChI=1S/C30H41NO3/c1-3-21-8-12-28(13-9-21)34-29-14-11-24-15-22(7-10-25(24)17-29)18-31-19-27(20-31)23-5-4-6-26(16-23)30(32)33-2/h7,10-11,14-15,17,21,23,26-28H,3-6,8-9,12-13,16,18-20H2,1-2H3/t21-,23?,26?,28+. The minimum absolute atomic E-state index is 0.00512. The zero-order valence-electron chi connectivity index (χ0n) is 21.0. The molecule has 0 spiro atoms. The Kier molecular flexibility index (Phi) is 7.43. The van der Waals surface area contributed by atoms with E-state index in [9.17, 15) is 4.79 Å². The summed E-state index contributed by atoms with van der Waals surface area (Å²) in [6, 6.07) is 13.5. The molecule has 2 unspecified atom stereocenters. The van der Waals surface area contributed by atoms with E-state index in [0.717, 1.165) is 56.5 Å². The molecule has 184 valence electrons. The molecule has 4 nitrogen and oxygen atoms in total. The van der Waals surface area contributed by atoms with Crippen LogP contribution in [0.4, 0.5) is 0 Å². The lowest BCUT2D eigenvalue weighted by Crippen LogP contribution is -2.50. The van der Waals surface area contributed by atoms with Crippen LogP contribution >= 0.6 is 0 Å². The van der Waals surface area contributed by atoms with Crippen LogP contribution < -0.4 is 4.74 Å². The van der Waals surface area contributed by atoms with Crippen molar-refractivity contribution in [1.29, 1.82) is 0 Å². The highest BCUT2D eigenvalue weighted by Gasteiger charge is 2.38. The summed E-state index contributed by atoms with van der Waals surface area (Å²) in [6.45, 7) is 5.63. The Morgan fingerprint density at radius 1 is 0.941 bits per heavy atom. The molecule has 5 rings (SSSR count). The van der Waals surface area contributed by atoms with Gasteiger partial charge in [-0.05, 0) is 90.8 Å². The van der Waals surface area contributed by atoms with Crippen molar-refractivity contribution in [3.05, 3.63) is 42.0 Å². The number of hydrogen-bond donors (Lipinski definition) is 0. The summed E-state index contributed by atoms with van der Waals surface area (Å²) in [5.41, 5.74) is 1.38. The van der Waals surface area contributed by atoms with Gasteiger partial charge in [-0.1, -0.05) is 44.4 Å². The molecule has 0 N–H and O–H groups in total. The maximum atomic E-state index is 12.0. The van der Waals surface area contributed by atoms with Gasteiger partial charge in [0.05, 0.1) is 19.1 Å². The molecule has 2 aromatic rings. The van der Waals surface area contributed by atoms with Gasteiger partial charge in [-0.3, -0.25) is 9.69 Å². The van der Waals surface area contributed by atoms with Crippen molar-refractivity contribution >= 4 is 16.7 Å². The van der Waals surface area contributed by atoms with Gasteiger partial charge in [0.25, 0.3) is 0 Å². The van der Waals surface area contributed by atoms with E-state index in [2.05, 4.69) is 48.2 Å². The van der Waals surface area contributed by atoms with E-state index in [0.29, 0.717) is 12.0 Å². The van der Waals surface area contributed by atoms with Crippen molar-refractivity contribution in [3.63, 3.8) is 0 Å². The molecule has 1 saturated heterocycles. The molecule has 2 aromatic carbocycles. The van der Waals surface area contributed by atoms with Crippen LogP contribution in [0.2, 0.25) is 0 Å². The van der Waals surface area contributed by atoms with Crippen molar-refractivity contribution in [3.8, 4) is 5.75 Å². The molecule has 0 bridgehead atoms. The monoisotopic (exact) mass is 463 g/mol. The second-order valence-corrected chi connectivity index (χ2v) is 11.1. The lowest BCUT2D eigenvalue weighted by molar-refractivity contribution is -0.147. The lowest BCUT2D eigenvalue weighted by atomic mass is 9.72. The van der Waals surface area contributed by atoms with Crippen LogP contribution in [0.1, 0.15) is 70.3 Å². The third-order valence-electron chi connectivity index (χ3n) is 8.86. The van der Waals surface area contributed by atoms with Gasteiger partial charge in [-0.15, -0.1) is 0 Å². The molecular formula is C30H41NO3. The van der Waals surface area contributed by atoms with Crippen LogP contribution in [0.3, 0.4) is 0 Å². The van der Waals surface area contributed by atoms with E-state index >= 15 is 0 Å². The minimum atomic E-state index is -0.00512. The van der Waals surface area contributed by atoms with Crippen LogP contribution in [-0.2, 0) is 16.1 Å². The summed E-state index contributed by atoms with van der Waals surface area (Å²) in [5, 5.41) is 2.56. The second kappa shape index (κ2) is 10.7. The highest BCUT2D eigenvalue weighted by molar-refractivity contribution is 5.84. The number of nitrogens with zero attached hydrogens (tertiary/aromatic N) is 1. The molecule has 2 saturated carbocycles. The fraction of sp³-hybridized carbons (Fsp3) is 0.633. The Bertz CT molecular complexity index is 974. The van der Waals surface area contributed by atoms with E-state index in [4.69, 9.17) is 9.47 Å². The number of carbonyl (C=O) groups excluding carboxylic acids is 1. The normalized spacial score (nSPS) is 28.4. The van der Waals surface area contributed by atoms with Gasteiger partial charge in [0.15, 0.2) is 0 Å². The van der Waals surface area contributed by atoms with Gasteiger partial charge < -0.3 is 9.47 Å². The lowest BCUT2D eigenvalue weighted by Gasteiger charge is -2.45. The molecule has 0 amide bonds. The fourth-order valence-electron chi connectivity index (χ4n) is 6.63.